The van der Waals surface area contributed by atoms with Gasteiger partial charge in [0.2, 0.25) is 0 Å². The second kappa shape index (κ2) is 5.64. The van der Waals surface area contributed by atoms with Crippen LogP contribution in [-0.4, -0.2) is 10.2 Å². The first kappa shape index (κ1) is 13.9. The highest BCUT2D eigenvalue weighted by Crippen LogP contribution is 2.37. The molecule has 0 amide bonds. The van der Waals surface area contributed by atoms with Gasteiger partial charge < -0.3 is 10.2 Å². The van der Waals surface area contributed by atoms with Gasteiger partial charge in [-0.1, -0.05) is 43.6 Å². The molecule has 0 heterocycles. The van der Waals surface area contributed by atoms with Crippen LogP contribution in [0.1, 0.15) is 30.9 Å². The van der Waals surface area contributed by atoms with E-state index in [-0.39, 0.29) is 12.4 Å². The van der Waals surface area contributed by atoms with Gasteiger partial charge in [-0.15, -0.1) is 0 Å². The number of phenols is 1. The summed E-state index contributed by atoms with van der Waals surface area (Å²) in [6.45, 7) is 4.17. The van der Waals surface area contributed by atoms with Gasteiger partial charge in [-0.25, -0.2) is 0 Å². The van der Waals surface area contributed by atoms with Gasteiger partial charge in [0.05, 0.1) is 6.61 Å². The minimum atomic E-state index is -0.0186. The molecule has 0 bridgehead atoms. The second-order valence-electron chi connectivity index (χ2n) is 4.90. The fraction of sp³-hybridized carbons (Fsp3) is 0.250. The molecule has 0 spiro atoms. The van der Waals surface area contributed by atoms with Crippen LogP contribution in [0.2, 0.25) is 5.02 Å². The van der Waals surface area contributed by atoms with Crippen molar-refractivity contribution in [2.75, 3.05) is 0 Å². The van der Waals surface area contributed by atoms with Crippen molar-refractivity contribution >= 4 is 11.6 Å². The molecule has 0 aromatic heterocycles. The van der Waals surface area contributed by atoms with Crippen molar-refractivity contribution in [1.82, 2.24) is 0 Å². The molecule has 3 heteroatoms. The largest absolute Gasteiger partial charge is 0.508 e. The first-order chi connectivity index (χ1) is 9.02. The van der Waals surface area contributed by atoms with Gasteiger partial charge in [0.25, 0.3) is 0 Å². The molecule has 0 saturated carbocycles. The molecule has 0 radical (unpaired) electrons. The molecule has 0 aliphatic heterocycles. The molecule has 0 unspecified atom stereocenters. The van der Waals surface area contributed by atoms with E-state index in [1.165, 1.54) is 0 Å². The Labute approximate surface area is 118 Å². The van der Waals surface area contributed by atoms with E-state index in [1.807, 2.05) is 18.2 Å². The zero-order valence-electron chi connectivity index (χ0n) is 11.0. The lowest BCUT2D eigenvalue weighted by Crippen LogP contribution is -1.97. The van der Waals surface area contributed by atoms with Gasteiger partial charge in [0.15, 0.2) is 0 Å². The van der Waals surface area contributed by atoms with Crippen LogP contribution in [0.15, 0.2) is 36.4 Å². The second-order valence-corrected chi connectivity index (χ2v) is 5.31. The molecule has 2 aromatic rings. The summed E-state index contributed by atoms with van der Waals surface area (Å²) in [5, 5.41) is 19.3. The molecule has 2 nitrogen and oxygen atoms in total. The third-order valence-electron chi connectivity index (χ3n) is 3.14. The van der Waals surface area contributed by atoms with E-state index in [1.54, 1.807) is 18.2 Å². The molecule has 0 atom stereocenters. The molecule has 2 N–H and O–H groups in total. The van der Waals surface area contributed by atoms with Gasteiger partial charge in [-0.3, -0.25) is 0 Å². The minimum Gasteiger partial charge on any atom is -0.508 e. The molecule has 100 valence electrons. The summed E-state index contributed by atoms with van der Waals surface area (Å²) in [6, 6.07) is 10.8. The Bertz CT molecular complexity index is 574. The van der Waals surface area contributed by atoms with Gasteiger partial charge in [-0.05, 0) is 40.8 Å². The Balaban J connectivity index is 2.64. The number of phenolic OH excluding ortho intramolecular Hbond substituents is 1. The summed E-state index contributed by atoms with van der Waals surface area (Å²) in [5.41, 5.74) is 3.85. The predicted octanol–water partition coefficient (Wildman–Crippen LogP) is 4.33. The van der Waals surface area contributed by atoms with Crippen LogP contribution in [0, 0.1) is 0 Å². The highest BCUT2D eigenvalue weighted by molar-refractivity contribution is 6.33. The van der Waals surface area contributed by atoms with E-state index in [0.717, 1.165) is 22.3 Å². The molecule has 2 rings (SSSR count). The van der Waals surface area contributed by atoms with Crippen LogP contribution in [0.5, 0.6) is 5.75 Å². The SMILES string of the molecule is CC(C)c1cc(CO)cc(Cl)c1-c1ccc(O)cc1. The van der Waals surface area contributed by atoms with Crippen molar-refractivity contribution in [3.63, 3.8) is 0 Å². The molecule has 0 aliphatic rings. The van der Waals surface area contributed by atoms with E-state index in [9.17, 15) is 10.2 Å². The van der Waals surface area contributed by atoms with Crippen LogP contribution < -0.4 is 0 Å². The Morgan fingerprint density at radius 1 is 1.11 bits per heavy atom. The lowest BCUT2D eigenvalue weighted by atomic mass is 9.91. The van der Waals surface area contributed by atoms with Crippen molar-refractivity contribution < 1.29 is 10.2 Å². The van der Waals surface area contributed by atoms with Gasteiger partial charge in [0, 0.05) is 10.6 Å². The molecule has 0 fully saturated rings. The van der Waals surface area contributed by atoms with Gasteiger partial charge in [0.1, 0.15) is 5.75 Å². The first-order valence-corrected chi connectivity index (χ1v) is 6.63. The average Bonchev–Trinajstić information content (AvgIpc) is 2.39. The molecule has 19 heavy (non-hydrogen) atoms. The van der Waals surface area contributed by atoms with E-state index in [2.05, 4.69) is 13.8 Å². The van der Waals surface area contributed by atoms with Crippen molar-refractivity contribution in [3.8, 4) is 16.9 Å². The van der Waals surface area contributed by atoms with E-state index >= 15 is 0 Å². The Hall–Kier alpha value is -1.51. The number of benzene rings is 2. The summed E-state index contributed by atoms with van der Waals surface area (Å²) < 4.78 is 0. The molecule has 0 aliphatic carbocycles. The molecule has 0 saturated heterocycles. The highest BCUT2D eigenvalue weighted by Gasteiger charge is 2.14. The number of hydrogen-bond acceptors (Lipinski definition) is 2. The van der Waals surface area contributed by atoms with Crippen molar-refractivity contribution in [1.29, 1.82) is 0 Å². The third-order valence-corrected chi connectivity index (χ3v) is 3.44. The van der Waals surface area contributed by atoms with Crippen LogP contribution in [-0.2, 0) is 6.61 Å². The smallest absolute Gasteiger partial charge is 0.115 e. The monoisotopic (exact) mass is 276 g/mol. The Morgan fingerprint density at radius 2 is 1.74 bits per heavy atom. The number of aromatic hydroxyl groups is 1. The van der Waals surface area contributed by atoms with Crippen LogP contribution in [0.25, 0.3) is 11.1 Å². The van der Waals surface area contributed by atoms with Gasteiger partial charge >= 0.3 is 0 Å². The fourth-order valence-electron chi connectivity index (χ4n) is 2.17. The third kappa shape index (κ3) is 2.91. The summed E-state index contributed by atoms with van der Waals surface area (Å²) in [4.78, 5) is 0. The Kier molecular flexibility index (Phi) is 4.13. The topological polar surface area (TPSA) is 40.5 Å². The van der Waals surface area contributed by atoms with Crippen LogP contribution in [0.4, 0.5) is 0 Å². The summed E-state index contributed by atoms with van der Waals surface area (Å²) >= 11 is 6.36. The zero-order valence-corrected chi connectivity index (χ0v) is 11.8. The molecular formula is C16H17ClO2. The molecular weight excluding hydrogens is 260 g/mol. The normalized spacial score (nSPS) is 11.0. The lowest BCUT2D eigenvalue weighted by Gasteiger charge is -2.16. The average molecular weight is 277 g/mol. The maximum absolute atomic E-state index is 9.37. The summed E-state index contributed by atoms with van der Waals surface area (Å²) in [6.07, 6.45) is 0. The standard InChI is InChI=1S/C16H17ClO2/c1-10(2)14-7-11(9-18)8-15(17)16(14)12-3-5-13(19)6-4-12/h3-8,10,18-19H,9H2,1-2H3. The first-order valence-electron chi connectivity index (χ1n) is 6.25. The number of hydrogen-bond donors (Lipinski definition) is 2. The number of rotatable bonds is 3. The maximum Gasteiger partial charge on any atom is 0.115 e. The summed E-state index contributed by atoms with van der Waals surface area (Å²) in [7, 11) is 0. The van der Waals surface area contributed by atoms with E-state index < -0.39 is 0 Å². The van der Waals surface area contributed by atoms with Gasteiger partial charge in [-0.2, -0.15) is 0 Å². The van der Waals surface area contributed by atoms with Crippen molar-refractivity contribution in [3.05, 3.63) is 52.5 Å². The molecule has 2 aromatic carbocycles. The fourth-order valence-corrected chi connectivity index (χ4v) is 2.52. The van der Waals surface area contributed by atoms with Crippen molar-refractivity contribution in [2.45, 2.75) is 26.4 Å². The van der Waals surface area contributed by atoms with Crippen LogP contribution in [0.3, 0.4) is 0 Å². The highest BCUT2D eigenvalue weighted by atomic mass is 35.5. The van der Waals surface area contributed by atoms with Crippen molar-refractivity contribution in [2.24, 2.45) is 0 Å². The van der Waals surface area contributed by atoms with E-state index in [4.69, 9.17) is 11.6 Å². The maximum atomic E-state index is 9.37. The number of halogens is 1. The summed E-state index contributed by atoms with van der Waals surface area (Å²) in [5.74, 6) is 0.533. The Morgan fingerprint density at radius 3 is 2.26 bits per heavy atom. The number of aliphatic hydroxyl groups is 1. The predicted molar refractivity (Wildman–Crippen MR) is 78.6 cm³/mol. The lowest BCUT2D eigenvalue weighted by molar-refractivity contribution is 0.281. The quantitative estimate of drug-likeness (QED) is 0.876. The van der Waals surface area contributed by atoms with Crippen LogP contribution >= 0.6 is 11.6 Å². The minimum absolute atomic E-state index is 0.0186. The number of aliphatic hydroxyl groups excluding tert-OH is 1. The van der Waals surface area contributed by atoms with E-state index in [0.29, 0.717) is 10.9 Å². The zero-order chi connectivity index (χ0) is 14.0.